The highest BCUT2D eigenvalue weighted by atomic mass is 32.2. The molecule has 2 aliphatic heterocycles. The van der Waals surface area contributed by atoms with Gasteiger partial charge in [-0.3, -0.25) is 14.6 Å². The van der Waals surface area contributed by atoms with Crippen LogP contribution in [0.3, 0.4) is 0 Å². The van der Waals surface area contributed by atoms with E-state index in [2.05, 4.69) is 15.1 Å². The number of nitrogens with one attached hydrogen (secondary N) is 1. The Morgan fingerprint density at radius 1 is 0.935 bits per heavy atom. The first-order valence-corrected chi connectivity index (χ1v) is 12.8. The van der Waals surface area contributed by atoms with Gasteiger partial charge in [0.05, 0.1) is 23.6 Å². The summed E-state index contributed by atoms with van der Waals surface area (Å²) in [5.74, 6) is 0.588. The molecule has 4 rings (SSSR count). The van der Waals surface area contributed by atoms with Crippen LogP contribution in [-0.4, -0.2) is 73.9 Å². The Balaban J connectivity index is 1.38. The zero-order valence-corrected chi connectivity index (χ0v) is 18.8. The first-order valence-electron chi connectivity index (χ1n) is 11.0. The molecule has 1 N–H and O–H groups in total. The highest BCUT2D eigenvalue weighted by Crippen LogP contribution is 2.23. The van der Waals surface area contributed by atoms with Crippen LogP contribution in [0.1, 0.15) is 30.5 Å². The van der Waals surface area contributed by atoms with Crippen molar-refractivity contribution in [3.05, 3.63) is 71.8 Å². The van der Waals surface area contributed by atoms with Crippen molar-refractivity contribution in [2.45, 2.75) is 31.5 Å². The van der Waals surface area contributed by atoms with Crippen molar-refractivity contribution in [2.75, 3.05) is 37.7 Å². The predicted molar refractivity (Wildman–Crippen MR) is 123 cm³/mol. The zero-order valence-electron chi connectivity index (χ0n) is 18.0. The molecule has 2 saturated heterocycles. The minimum Gasteiger partial charge on any atom is -0.344 e. The van der Waals surface area contributed by atoms with E-state index in [4.69, 9.17) is 0 Å². The Morgan fingerprint density at radius 3 is 1.97 bits per heavy atom. The van der Waals surface area contributed by atoms with Crippen LogP contribution in [0, 0.1) is 0 Å². The minimum absolute atomic E-state index is 0.00889. The molecule has 31 heavy (non-hydrogen) atoms. The molecule has 0 saturated carbocycles. The lowest BCUT2D eigenvalue weighted by molar-refractivity contribution is -0.127. The Morgan fingerprint density at radius 2 is 1.48 bits per heavy atom. The molecule has 2 heterocycles. The lowest BCUT2D eigenvalue weighted by atomic mass is 9.98. The number of piperazine rings is 1. The topological polar surface area (TPSA) is 69.7 Å². The molecule has 2 aliphatic rings. The number of carbonyl (C=O) groups is 1. The van der Waals surface area contributed by atoms with E-state index in [0.717, 1.165) is 43.7 Å². The van der Waals surface area contributed by atoms with Gasteiger partial charge < -0.3 is 5.32 Å². The molecular formula is C24H31N3O3S. The van der Waals surface area contributed by atoms with Gasteiger partial charge in [-0.15, -0.1) is 0 Å². The van der Waals surface area contributed by atoms with Gasteiger partial charge in [0.25, 0.3) is 0 Å². The summed E-state index contributed by atoms with van der Waals surface area (Å²) in [5.41, 5.74) is 2.11. The number of nitrogens with zero attached hydrogens (tertiary/aromatic N) is 2. The molecule has 0 aliphatic carbocycles. The van der Waals surface area contributed by atoms with E-state index in [1.807, 2.05) is 67.6 Å². The number of hydrogen-bond donors (Lipinski definition) is 1. The molecule has 0 bridgehead atoms. The van der Waals surface area contributed by atoms with Gasteiger partial charge in [-0.05, 0) is 24.5 Å². The quantitative estimate of drug-likeness (QED) is 0.743. The highest BCUT2D eigenvalue weighted by Gasteiger charge is 2.35. The van der Waals surface area contributed by atoms with E-state index in [1.165, 1.54) is 0 Å². The normalized spacial score (nSPS) is 23.0. The number of amides is 1. The van der Waals surface area contributed by atoms with Crippen molar-refractivity contribution in [2.24, 2.45) is 0 Å². The van der Waals surface area contributed by atoms with Crippen LogP contribution in [0.5, 0.6) is 0 Å². The second-order valence-electron chi connectivity index (χ2n) is 8.57. The van der Waals surface area contributed by atoms with Crippen molar-refractivity contribution in [3.8, 4) is 0 Å². The molecule has 0 spiro atoms. The molecule has 0 radical (unpaired) electrons. The molecule has 2 aromatic carbocycles. The van der Waals surface area contributed by atoms with Crippen LogP contribution in [0.2, 0.25) is 0 Å². The van der Waals surface area contributed by atoms with E-state index in [0.29, 0.717) is 5.75 Å². The van der Waals surface area contributed by atoms with Gasteiger partial charge >= 0.3 is 0 Å². The van der Waals surface area contributed by atoms with Gasteiger partial charge in [-0.1, -0.05) is 60.7 Å². The van der Waals surface area contributed by atoms with Crippen molar-refractivity contribution >= 4 is 15.7 Å². The molecule has 0 aromatic heterocycles. The highest BCUT2D eigenvalue weighted by molar-refractivity contribution is 7.91. The molecule has 7 heteroatoms. The molecule has 2 aromatic rings. The van der Waals surface area contributed by atoms with E-state index in [-0.39, 0.29) is 29.8 Å². The average molecular weight is 442 g/mol. The summed E-state index contributed by atoms with van der Waals surface area (Å²) < 4.78 is 23.6. The second-order valence-corrected chi connectivity index (χ2v) is 10.8. The maximum absolute atomic E-state index is 13.2. The lowest BCUT2D eigenvalue weighted by Crippen LogP contribution is -2.56. The number of hydrogen-bond acceptors (Lipinski definition) is 5. The van der Waals surface area contributed by atoms with Crippen molar-refractivity contribution in [3.63, 3.8) is 0 Å². The summed E-state index contributed by atoms with van der Waals surface area (Å²) in [6.07, 6.45) is 0.730. The van der Waals surface area contributed by atoms with E-state index >= 15 is 0 Å². The SMILES string of the molecule is CC(C(=O)NC(c1ccccc1)c1ccccc1)N1CCN(C2CCS(=O)(=O)C2)CC1. The fourth-order valence-corrected chi connectivity index (χ4v) is 6.39. The minimum atomic E-state index is -2.87. The molecule has 166 valence electrons. The Labute approximate surface area is 185 Å². The number of rotatable bonds is 6. The van der Waals surface area contributed by atoms with Crippen molar-refractivity contribution in [1.29, 1.82) is 0 Å². The Kier molecular flexibility index (Phi) is 6.74. The van der Waals surface area contributed by atoms with Gasteiger partial charge in [-0.2, -0.15) is 0 Å². The first-order chi connectivity index (χ1) is 14.9. The zero-order chi connectivity index (χ0) is 21.8. The summed E-state index contributed by atoms with van der Waals surface area (Å²) >= 11 is 0. The summed E-state index contributed by atoms with van der Waals surface area (Å²) in [6, 6.07) is 19.8. The smallest absolute Gasteiger partial charge is 0.237 e. The van der Waals surface area contributed by atoms with Crippen LogP contribution in [0.4, 0.5) is 0 Å². The van der Waals surface area contributed by atoms with Gasteiger partial charge in [0, 0.05) is 32.2 Å². The first kappa shape index (κ1) is 22.0. The third-order valence-electron chi connectivity index (χ3n) is 6.55. The fraction of sp³-hybridized carbons (Fsp3) is 0.458. The van der Waals surface area contributed by atoms with Crippen LogP contribution >= 0.6 is 0 Å². The Bertz CT molecular complexity index is 934. The predicted octanol–water partition coefficient (Wildman–Crippen LogP) is 2.09. The fourth-order valence-electron chi connectivity index (χ4n) is 4.63. The van der Waals surface area contributed by atoms with E-state index < -0.39 is 9.84 Å². The van der Waals surface area contributed by atoms with Gasteiger partial charge in [0.15, 0.2) is 9.84 Å². The summed E-state index contributed by atoms with van der Waals surface area (Å²) in [5, 5.41) is 3.25. The number of sulfone groups is 1. The summed E-state index contributed by atoms with van der Waals surface area (Å²) in [7, 11) is -2.87. The Hall–Kier alpha value is -2.22. The van der Waals surface area contributed by atoms with Crippen LogP contribution < -0.4 is 5.32 Å². The maximum Gasteiger partial charge on any atom is 0.237 e. The molecule has 2 atom stereocenters. The third kappa shape index (κ3) is 5.34. The number of benzene rings is 2. The van der Waals surface area contributed by atoms with Crippen molar-refractivity contribution in [1.82, 2.24) is 15.1 Å². The molecule has 1 amide bonds. The standard InChI is InChI=1S/C24H31N3O3S/c1-19(26-13-15-27(16-14-26)22-12-17-31(29,30)18-22)24(28)25-23(20-8-4-2-5-9-20)21-10-6-3-7-11-21/h2-11,19,22-23H,12-18H2,1H3,(H,25,28). The summed E-state index contributed by atoms with van der Waals surface area (Å²) in [6.45, 7) is 5.11. The molecule has 6 nitrogen and oxygen atoms in total. The molecule has 2 fully saturated rings. The average Bonchev–Trinajstić information content (AvgIpc) is 3.17. The van der Waals surface area contributed by atoms with Gasteiger partial charge in [0.2, 0.25) is 5.91 Å². The van der Waals surface area contributed by atoms with Gasteiger partial charge in [-0.25, -0.2) is 8.42 Å². The van der Waals surface area contributed by atoms with E-state index in [1.54, 1.807) is 0 Å². The lowest BCUT2D eigenvalue weighted by Gasteiger charge is -2.40. The number of carbonyl (C=O) groups excluding carboxylic acids is 1. The van der Waals surface area contributed by atoms with E-state index in [9.17, 15) is 13.2 Å². The van der Waals surface area contributed by atoms with Crippen LogP contribution in [-0.2, 0) is 14.6 Å². The van der Waals surface area contributed by atoms with Crippen molar-refractivity contribution < 1.29 is 13.2 Å². The second kappa shape index (κ2) is 9.51. The molecule has 2 unspecified atom stereocenters. The molecular weight excluding hydrogens is 410 g/mol. The largest absolute Gasteiger partial charge is 0.344 e. The maximum atomic E-state index is 13.2. The monoisotopic (exact) mass is 441 g/mol. The van der Waals surface area contributed by atoms with Gasteiger partial charge in [0.1, 0.15) is 0 Å². The summed E-state index contributed by atoms with van der Waals surface area (Å²) in [4.78, 5) is 17.7. The van der Waals surface area contributed by atoms with Crippen LogP contribution in [0.15, 0.2) is 60.7 Å². The van der Waals surface area contributed by atoms with Crippen LogP contribution in [0.25, 0.3) is 0 Å². The third-order valence-corrected chi connectivity index (χ3v) is 8.30.